The fraction of sp³-hybridized carbons (Fsp3) is 0.600. The van der Waals surface area contributed by atoms with Crippen LogP contribution in [0.5, 0.6) is 5.75 Å². The van der Waals surface area contributed by atoms with Crippen LogP contribution >= 0.6 is 11.6 Å². The summed E-state index contributed by atoms with van der Waals surface area (Å²) in [5.74, 6) is -2.05. The summed E-state index contributed by atoms with van der Waals surface area (Å²) in [5.41, 5.74) is 0.877. The molecule has 0 N–H and O–H groups in total. The van der Waals surface area contributed by atoms with Crippen molar-refractivity contribution in [2.24, 2.45) is 0 Å². The van der Waals surface area contributed by atoms with E-state index < -0.39 is 20.0 Å². The van der Waals surface area contributed by atoms with Crippen LogP contribution in [0.4, 0.5) is 8.78 Å². The van der Waals surface area contributed by atoms with Gasteiger partial charge in [0, 0.05) is 0 Å². The lowest BCUT2D eigenvalue weighted by atomic mass is 10.3. The van der Waals surface area contributed by atoms with Crippen LogP contribution < -0.4 is 4.43 Å². The molecule has 0 fully saturated rings. The Bertz CT molecular complexity index is 453. The van der Waals surface area contributed by atoms with Gasteiger partial charge < -0.3 is 4.43 Å². The van der Waals surface area contributed by atoms with Crippen molar-refractivity contribution < 1.29 is 13.2 Å². The zero-order valence-corrected chi connectivity index (χ0v) is 14.7. The first kappa shape index (κ1) is 17.4. The van der Waals surface area contributed by atoms with Crippen molar-refractivity contribution in [3.05, 3.63) is 28.8 Å². The topological polar surface area (TPSA) is 9.23 Å². The van der Waals surface area contributed by atoms with Gasteiger partial charge in [-0.1, -0.05) is 53.1 Å². The van der Waals surface area contributed by atoms with Gasteiger partial charge in [-0.05, 0) is 28.8 Å². The minimum absolute atomic E-state index is 0.0188. The molecule has 0 aliphatic carbocycles. The highest BCUT2D eigenvalue weighted by atomic mass is 35.5. The van der Waals surface area contributed by atoms with Crippen LogP contribution in [0.25, 0.3) is 0 Å². The molecule has 1 rings (SSSR count). The van der Waals surface area contributed by atoms with Crippen molar-refractivity contribution >= 4 is 19.9 Å². The van der Waals surface area contributed by atoms with Crippen molar-refractivity contribution in [3.63, 3.8) is 0 Å². The Morgan fingerprint density at radius 1 is 0.900 bits per heavy atom. The average molecular weight is 321 g/mol. The normalized spacial score (nSPS) is 12.6. The number of halogens is 3. The molecule has 0 unspecified atom stereocenters. The van der Waals surface area contributed by atoms with Gasteiger partial charge in [-0.25, -0.2) is 4.39 Å². The van der Waals surface area contributed by atoms with Crippen LogP contribution in [0, 0.1) is 11.6 Å². The molecule has 0 amide bonds. The monoisotopic (exact) mass is 320 g/mol. The largest absolute Gasteiger partial charge is 0.541 e. The first-order valence-corrected chi connectivity index (χ1v) is 9.48. The van der Waals surface area contributed by atoms with E-state index >= 15 is 0 Å². The maximum absolute atomic E-state index is 14.0. The molecular weight excluding hydrogens is 298 g/mol. The highest BCUT2D eigenvalue weighted by molar-refractivity contribution is 6.78. The van der Waals surface area contributed by atoms with Gasteiger partial charge in [0.25, 0.3) is 8.32 Å². The third-order valence-corrected chi connectivity index (χ3v) is 10.3. The Hall–Kier alpha value is -0.613. The van der Waals surface area contributed by atoms with E-state index in [1.807, 2.05) is 0 Å². The van der Waals surface area contributed by atoms with Gasteiger partial charge in [-0.2, -0.15) is 4.39 Å². The SMILES string of the molecule is CC(C)[Si](Oc1ccc(Cl)c(F)c1F)(C(C)C)C(C)C. The molecule has 0 radical (unpaired) electrons. The summed E-state index contributed by atoms with van der Waals surface area (Å²) in [6, 6.07) is 2.77. The second-order valence-corrected chi connectivity index (χ2v) is 11.9. The highest BCUT2D eigenvalue weighted by Gasteiger charge is 2.47. The molecule has 0 aliphatic rings. The van der Waals surface area contributed by atoms with Crippen LogP contribution in [0.2, 0.25) is 21.6 Å². The van der Waals surface area contributed by atoms with Gasteiger partial charge in [0.15, 0.2) is 5.82 Å². The zero-order chi connectivity index (χ0) is 15.7. The van der Waals surface area contributed by atoms with Gasteiger partial charge in [0.2, 0.25) is 5.82 Å². The molecule has 1 nitrogen and oxygen atoms in total. The van der Waals surface area contributed by atoms with E-state index in [0.29, 0.717) is 16.6 Å². The molecule has 0 heterocycles. The third kappa shape index (κ3) is 3.01. The number of hydrogen-bond acceptors (Lipinski definition) is 1. The molecule has 0 saturated carbocycles. The Morgan fingerprint density at radius 2 is 1.35 bits per heavy atom. The fourth-order valence-electron chi connectivity index (χ4n) is 3.13. The number of benzene rings is 1. The summed E-state index contributed by atoms with van der Waals surface area (Å²) in [6.45, 7) is 12.6. The Kier molecular flexibility index (Phi) is 5.61. The lowest BCUT2D eigenvalue weighted by molar-refractivity contribution is 0.422. The van der Waals surface area contributed by atoms with Gasteiger partial charge in [-0.3, -0.25) is 0 Å². The minimum atomic E-state index is -2.29. The first-order chi connectivity index (χ1) is 9.14. The summed E-state index contributed by atoms with van der Waals surface area (Å²) in [7, 11) is -2.29. The first-order valence-electron chi connectivity index (χ1n) is 6.97. The van der Waals surface area contributed by atoms with Crippen molar-refractivity contribution in [2.75, 3.05) is 0 Å². The van der Waals surface area contributed by atoms with Crippen LogP contribution in [-0.2, 0) is 0 Å². The predicted molar refractivity (Wildman–Crippen MR) is 83.0 cm³/mol. The molecule has 114 valence electrons. The van der Waals surface area contributed by atoms with Crippen molar-refractivity contribution in [1.29, 1.82) is 0 Å². The maximum Gasteiger partial charge on any atom is 0.258 e. The smallest absolute Gasteiger partial charge is 0.258 e. The van der Waals surface area contributed by atoms with E-state index in [-0.39, 0.29) is 10.8 Å². The van der Waals surface area contributed by atoms with Crippen molar-refractivity contribution in [2.45, 2.75) is 58.2 Å². The lowest BCUT2D eigenvalue weighted by Crippen LogP contribution is -2.50. The lowest BCUT2D eigenvalue weighted by Gasteiger charge is -2.42. The van der Waals surface area contributed by atoms with Crippen molar-refractivity contribution in [3.8, 4) is 5.75 Å². The highest BCUT2D eigenvalue weighted by Crippen LogP contribution is 2.43. The quantitative estimate of drug-likeness (QED) is 0.465. The second kappa shape index (κ2) is 6.44. The molecule has 20 heavy (non-hydrogen) atoms. The summed E-state index contributed by atoms with van der Waals surface area (Å²) in [4.78, 5) is 0. The predicted octanol–water partition coefficient (Wildman–Crippen LogP) is 6.17. The number of hydrogen-bond donors (Lipinski definition) is 0. The van der Waals surface area contributed by atoms with Crippen LogP contribution in [0.3, 0.4) is 0 Å². The molecule has 0 atom stereocenters. The number of rotatable bonds is 5. The molecular formula is C15H23ClF2OSi. The third-order valence-electron chi connectivity index (χ3n) is 3.99. The van der Waals surface area contributed by atoms with E-state index in [4.69, 9.17) is 16.0 Å². The zero-order valence-electron chi connectivity index (χ0n) is 12.9. The molecule has 1 aromatic carbocycles. The maximum atomic E-state index is 14.0. The van der Waals surface area contributed by atoms with Gasteiger partial charge in [-0.15, -0.1) is 0 Å². The van der Waals surface area contributed by atoms with Crippen LogP contribution in [0.15, 0.2) is 12.1 Å². The average Bonchev–Trinajstić information content (AvgIpc) is 2.34. The van der Waals surface area contributed by atoms with Crippen LogP contribution in [0.1, 0.15) is 41.5 Å². The fourth-order valence-corrected chi connectivity index (χ4v) is 8.52. The van der Waals surface area contributed by atoms with Gasteiger partial charge in [0.1, 0.15) is 5.75 Å². The molecule has 0 aromatic heterocycles. The summed E-state index contributed by atoms with van der Waals surface area (Å²) in [5, 5.41) is -0.222. The molecule has 0 spiro atoms. The van der Waals surface area contributed by atoms with E-state index in [2.05, 4.69) is 41.5 Å². The summed E-state index contributed by atoms with van der Waals surface area (Å²) < 4.78 is 33.7. The molecule has 0 aliphatic heterocycles. The second-order valence-electron chi connectivity index (χ2n) is 6.09. The van der Waals surface area contributed by atoms with E-state index in [0.717, 1.165) is 0 Å². The Balaban J connectivity index is 3.31. The Morgan fingerprint density at radius 3 is 1.75 bits per heavy atom. The van der Waals surface area contributed by atoms with E-state index in [1.54, 1.807) is 0 Å². The molecule has 0 saturated heterocycles. The molecule has 5 heteroatoms. The molecule has 0 bridgehead atoms. The van der Waals surface area contributed by atoms with Gasteiger partial charge >= 0.3 is 0 Å². The van der Waals surface area contributed by atoms with Crippen molar-refractivity contribution in [1.82, 2.24) is 0 Å². The summed E-state index contributed by atoms with van der Waals surface area (Å²) in [6.07, 6.45) is 0. The summed E-state index contributed by atoms with van der Waals surface area (Å²) >= 11 is 5.59. The standard InChI is InChI=1S/C15H23ClF2OSi/c1-9(2)20(10(3)4,11(5)6)19-13-8-7-12(16)14(17)15(13)18/h7-11H,1-6H3. The van der Waals surface area contributed by atoms with Crippen LogP contribution in [-0.4, -0.2) is 8.32 Å². The Labute approximate surface area is 126 Å². The minimum Gasteiger partial charge on any atom is -0.541 e. The molecule has 1 aromatic rings. The van der Waals surface area contributed by atoms with E-state index in [1.165, 1.54) is 12.1 Å². The van der Waals surface area contributed by atoms with Gasteiger partial charge in [0.05, 0.1) is 5.02 Å². The van der Waals surface area contributed by atoms with E-state index in [9.17, 15) is 8.78 Å².